The number of carbonyl (C=O) groups is 2. The molecule has 3 aromatic rings. The van der Waals surface area contributed by atoms with E-state index in [-0.39, 0.29) is 36.4 Å². The van der Waals surface area contributed by atoms with Crippen molar-refractivity contribution in [3.05, 3.63) is 123 Å². The van der Waals surface area contributed by atoms with Crippen LogP contribution in [-0.2, 0) is 30.6 Å². The average molecular weight is 500 g/mol. The van der Waals surface area contributed by atoms with Gasteiger partial charge in [0, 0.05) is 35.7 Å². The number of allylic oxidation sites excluding steroid dienone is 2. The van der Waals surface area contributed by atoms with Crippen molar-refractivity contribution < 1.29 is 28.7 Å². The highest BCUT2D eigenvalue weighted by Crippen LogP contribution is 2.39. The second-order valence-electron chi connectivity index (χ2n) is 8.34. The Morgan fingerprint density at radius 1 is 1.03 bits per heavy atom. The zero-order valence-electron chi connectivity index (χ0n) is 20.1. The standard InChI is InChI=1S/C29H25NO7/c1-3-8-20-16-21(30(33)34)12-13-22(20)28(31)37-26-17-25-24(14-15-35-25)27(23(26)9-4-2)29(32)36-18-19-10-6-5-7-11-19/h3-7,10-13,16-17H,1-2,8-9,14-15,18H2. The SMILES string of the molecule is C=CCc1cc([N+](=O)[O-])ccc1C(=O)Oc1cc2c(c(C(=O)OCc3ccccc3)c1CC=C)CCO2. The van der Waals surface area contributed by atoms with Crippen LogP contribution < -0.4 is 9.47 Å². The molecule has 0 bridgehead atoms. The van der Waals surface area contributed by atoms with Gasteiger partial charge in [-0.05, 0) is 30.0 Å². The molecule has 0 unspecified atom stereocenters. The lowest BCUT2D eigenvalue weighted by Crippen LogP contribution is -2.16. The van der Waals surface area contributed by atoms with Gasteiger partial charge in [-0.15, -0.1) is 13.2 Å². The van der Waals surface area contributed by atoms with Crippen molar-refractivity contribution >= 4 is 17.6 Å². The highest BCUT2D eigenvalue weighted by Gasteiger charge is 2.29. The fourth-order valence-electron chi connectivity index (χ4n) is 4.21. The van der Waals surface area contributed by atoms with Crippen LogP contribution in [0.5, 0.6) is 11.5 Å². The van der Waals surface area contributed by atoms with Gasteiger partial charge >= 0.3 is 11.9 Å². The third-order valence-electron chi connectivity index (χ3n) is 5.92. The Kier molecular flexibility index (Phi) is 7.78. The molecule has 0 saturated carbocycles. The topological polar surface area (TPSA) is 105 Å². The van der Waals surface area contributed by atoms with Crippen LogP contribution in [0, 0.1) is 10.1 Å². The normalized spacial score (nSPS) is 11.7. The number of carbonyl (C=O) groups excluding carboxylic acids is 2. The van der Waals surface area contributed by atoms with Crippen molar-refractivity contribution in [3.63, 3.8) is 0 Å². The molecule has 8 heteroatoms. The van der Waals surface area contributed by atoms with Gasteiger partial charge in [-0.2, -0.15) is 0 Å². The summed E-state index contributed by atoms with van der Waals surface area (Å²) in [7, 11) is 0. The summed E-state index contributed by atoms with van der Waals surface area (Å²) in [6, 6.07) is 14.8. The number of nitrogens with zero attached hydrogens (tertiary/aromatic N) is 1. The van der Waals surface area contributed by atoms with Crippen LogP contribution in [0.15, 0.2) is 79.9 Å². The largest absolute Gasteiger partial charge is 0.493 e. The molecule has 37 heavy (non-hydrogen) atoms. The Balaban J connectivity index is 1.70. The van der Waals surface area contributed by atoms with Crippen LogP contribution in [0.3, 0.4) is 0 Å². The number of non-ortho nitro benzene ring substituents is 1. The first-order valence-electron chi connectivity index (χ1n) is 11.7. The zero-order valence-corrected chi connectivity index (χ0v) is 20.1. The number of nitro groups is 1. The fraction of sp³-hybridized carbons (Fsp3) is 0.172. The zero-order chi connectivity index (χ0) is 26.4. The molecule has 0 atom stereocenters. The number of benzene rings is 3. The molecule has 8 nitrogen and oxygen atoms in total. The Morgan fingerprint density at radius 3 is 2.49 bits per heavy atom. The van der Waals surface area contributed by atoms with E-state index in [2.05, 4.69) is 13.2 Å². The molecule has 0 saturated heterocycles. The van der Waals surface area contributed by atoms with E-state index in [0.717, 1.165) is 5.56 Å². The molecule has 3 aromatic carbocycles. The summed E-state index contributed by atoms with van der Waals surface area (Å²) in [4.78, 5) is 37.2. The second kappa shape index (κ2) is 11.3. The predicted molar refractivity (Wildman–Crippen MR) is 137 cm³/mol. The van der Waals surface area contributed by atoms with Gasteiger partial charge in [-0.3, -0.25) is 10.1 Å². The van der Waals surface area contributed by atoms with Crippen molar-refractivity contribution in [3.8, 4) is 11.5 Å². The molecule has 1 aliphatic rings. The number of hydrogen-bond acceptors (Lipinski definition) is 7. The maximum atomic E-state index is 13.3. The Bertz CT molecular complexity index is 1380. The van der Waals surface area contributed by atoms with Crippen molar-refractivity contribution in [2.75, 3.05) is 6.61 Å². The van der Waals surface area contributed by atoms with E-state index in [1.165, 1.54) is 18.2 Å². The Hall–Kier alpha value is -4.72. The minimum atomic E-state index is -0.724. The molecule has 4 rings (SSSR count). The summed E-state index contributed by atoms with van der Waals surface area (Å²) >= 11 is 0. The van der Waals surface area contributed by atoms with Crippen LogP contribution >= 0.6 is 0 Å². The lowest BCUT2D eigenvalue weighted by molar-refractivity contribution is -0.384. The van der Waals surface area contributed by atoms with E-state index in [4.69, 9.17) is 14.2 Å². The van der Waals surface area contributed by atoms with Crippen LogP contribution in [0.4, 0.5) is 5.69 Å². The molecule has 0 aliphatic carbocycles. The van der Waals surface area contributed by atoms with E-state index in [1.54, 1.807) is 18.2 Å². The first-order chi connectivity index (χ1) is 17.9. The molecular formula is C29H25NO7. The van der Waals surface area contributed by atoms with Gasteiger partial charge in [0.2, 0.25) is 0 Å². The summed E-state index contributed by atoms with van der Waals surface area (Å²) in [5.41, 5.74) is 2.70. The van der Waals surface area contributed by atoms with E-state index in [0.29, 0.717) is 41.0 Å². The minimum absolute atomic E-state index is 0.0839. The first kappa shape index (κ1) is 25.4. The monoisotopic (exact) mass is 499 g/mol. The molecule has 0 fully saturated rings. The minimum Gasteiger partial charge on any atom is -0.493 e. The highest BCUT2D eigenvalue weighted by molar-refractivity contribution is 5.97. The van der Waals surface area contributed by atoms with Gasteiger partial charge in [-0.1, -0.05) is 42.5 Å². The number of fused-ring (bicyclic) bond motifs is 1. The molecule has 0 aromatic heterocycles. The smallest absolute Gasteiger partial charge is 0.343 e. The molecule has 0 amide bonds. The van der Waals surface area contributed by atoms with E-state index >= 15 is 0 Å². The summed E-state index contributed by atoms with van der Waals surface area (Å²) in [5.74, 6) is -0.695. The average Bonchev–Trinajstić information content (AvgIpc) is 3.36. The Labute approximate surface area is 213 Å². The number of hydrogen-bond donors (Lipinski definition) is 0. The van der Waals surface area contributed by atoms with Gasteiger partial charge in [-0.25, -0.2) is 9.59 Å². The molecule has 1 heterocycles. The van der Waals surface area contributed by atoms with Gasteiger partial charge in [0.1, 0.15) is 18.1 Å². The molecular weight excluding hydrogens is 474 g/mol. The molecule has 1 aliphatic heterocycles. The lowest BCUT2D eigenvalue weighted by Gasteiger charge is -2.17. The van der Waals surface area contributed by atoms with E-state index < -0.39 is 16.9 Å². The quantitative estimate of drug-likeness (QED) is 0.118. The second-order valence-corrected chi connectivity index (χ2v) is 8.34. The lowest BCUT2D eigenvalue weighted by atomic mass is 9.95. The molecule has 0 N–H and O–H groups in total. The third-order valence-corrected chi connectivity index (χ3v) is 5.92. The van der Waals surface area contributed by atoms with Gasteiger partial charge in [0.15, 0.2) is 0 Å². The molecule has 0 radical (unpaired) electrons. The number of rotatable bonds is 10. The first-order valence-corrected chi connectivity index (χ1v) is 11.7. The number of esters is 2. The van der Waals surface area contributed by atoms with Gasteiger partial charge < -0.3 is 14.2 Å². The van der Waals surface area contributed by atoms with Crippen molar-refractivity contribution in [1.29, 1.82) is 0 Å². The number of nitro benzene ring substituents is 1. The van der Waals surface area contributed by atoms with E-state index in [9.17, 15) is 19.7 Å². The Morgan fingerprint density at radius 2 is 1.78 bits per heavy atom. The third kappa shape index (κ3) is 5.59. The summed E-state index contributed by atoms with van der Waals surface area (Å²) in [5, 5.41) is 11.2. The van der Waals surface area contributed by atoms with E-state index in [1.807, 2.05) is 30.3 Å². The van der Waals surface area contributed by atoms with Crippen LogP contribution in [0.25, 0.3) is 0 Å². The van der Waals surface area contributed by atoms with Crippen LogP contribution in [0.1, 0.15) is 43.0 Å². The highest BCUT2D eigenvalue weighted by atomic mass is 16.6. The predicted octanol–water partition coefficient (Wildman–Crippen LogP) is 5.56. The van der Waals surface area contributed by atoms with Crippen LogP contribution in [-0.4, -0.2) is 23.5 Å². The number of ether oxygens (including phenoxy) is 3. The van der Waals surface area contributed by atoms with Crippen LogP contribution in [0.2, 0.25) is 0 Å². The summed E-state index contributed by atoms with van der Waals surface area (Å²) in [6.45, 7) is 7.91. The maximum Gasteiger partial charge on any atom is 0.343 e. The molecule has 0 spiro atoms. The summed E-state index contributed by atoms with van der Waals surface area (Å²) < 4.78 is 17.1. The fourth-order valence-corrected chi connectivity index (χ4v) is 4.21. The van der Waals surface area contributed by atoms with Crippen molar-refractivity contribution in [2.24, 2.45) is 0 Å². The van der Waals surface area contributed by atoms with Gasteiger partial charge in [0.05, 0.1) is 22.7 Å². The van der Waals surface area contributed by atoms with Crippen molar-refractivity contribution in [2.45, 2.75) is 25.9 Å². The van der Waals surface area contributed by atoms with Crippen molar-refractivity contribution in [1.82, 2.24) is 0 Å². The van der Waals surface area contributed by atoms with Gasteiger partial charge in [0.25, 0.3) is 5.69 Å². The maximum absolute atomic E-state index is 13.3. The summed E-state index contributed by atoms with van der Waals surface area (Å²) in [6.07, 6.45) is 4.14. The molecule has 188 valence electrons.